The van der Waals surface area contributed by atoms with E-state index in [1.54, 1.807) is 42.5 Å². The molecule has 1 N–H and O–H groups in total. The molecule has 0 saturated heterocycles. The van der Waals surface area contributed by atoms with Crippen LogP contribution in [0.4, 0.5) is 0 Å². The van der Waals surface area contributed by atoms with Gasteiger partial charge in [-0.05, 0) is 54.1 Å². The first-order valence-electron chi connectivity index (χ1n) is 9.68. The van der Waals surface area contributed by atoms with Gasteiger partial charge in [0, 0.05) is 5.02 Å². The van der Waals surface area contributed by atoms with Crippen LogP contribution in [-0.2, 0) is 16.1 Å². The van der Waals surface area contributed by atoms with Crippen LogP contribution >= 0.6 is 11.6 Å². The summed E-state index contributed by atoms with van der Waals surface area (Å²) in [6.45, 7) is -0.181. The smallest absolute Gasteiger partial charge is 0.349 e. The number of amides is 1. The number of carbonyl (C=O) groups is 2. The molecule has 1 amide bonds. The number of nitrogens with zero attached hydrogens (tertiary/aromatic N) is 1. The second-order valence-corrected chi connectivity index (χ2v) is 7.00. The Hall–Kier alpha value is -4.22. The number of hydrogen-bond acceptors (Lipinski definition) is 7. The van der Waals surface area contributed by atoms with E-state index in [2.05, 4.69) is 5.32 Å². The maximum absolute atomic E-state index is 12.3. The number of ether oxygens (including phenoxy) is 3. The van der Waals surface area contributed by atoms with Crippen LogP contribution in [0.3, 0.4) is 0 Å². The zero-order valence-corrected chi connectivity index (χ0v) is 18.3. The molecule has 0 unspecified atom stereocenters. The van der Waals surface area contributed by atoms with E-state index in [1.807, 2.05) is 6.07 Å². The molecule has 168 valence electrons. The van der Waals surface area contributed by atoms with Gasteiger partial charge in [-0.15, -0.1) is 0 Å². The number of rotatable bonds is 9. The van der Waals surface area contributed by atoms with Crippen molar-refractivity contribution in [2.75, 3.05) is 13.7 Å². The van der Waals surface area contributed by atoms with Gasteiger partial charge in [0.25, 0.3) is 5.91 Å². The molecule has 3 rings (SSSR count). The van der Waals surface area contributed by atoms with Crippen molar-refractivity contribution in [1.82, 2.24) is 5.32 Å². The molecule has 1 heterocycles. The second-order valence-electron chi connectivity index (χ2n) is 6.56. The Morgan fingerprint density at radius 1 is 1.15 bits per heavy atom. The Bertz CT molecular complexity index is 1200. The molecule has 3 aromatic rings. The molecular formula is C24H19ClN2O6. The van der Waals surface area contributed by atoms with Gasteiger partial charge in [-0.3, -0.25) is 4.79 Å². The minimum absolute atomic E-state index is 0.108. The number of nitrogens with one attached hydrogen (secondary N) is 1. The lowest BCUT2D eigenvalue weighted by Gasteiger charge is -2.11. The Balaban J connectivity index is 1.64. The molecule has 8 nitrogen and oxygen atoms in total. The third kappa shape index (κ3) is 6.89. The van der Waals surface area contributed by atoms with E-state index < -0.39 is 11.9 Å². The van der Waals surface area contributed by atoms with E-state index in [0.717, 1.165) is 0 Å². The van der Waals surface area contributed by atoms with E-state index in [4.69, 9.17) is 30.2 Å². The van der Waals surface area contributed by atoms with E-state index >= 15 is 0 Å². The highest BCUT2D eigenvalue weighted by Crippen LogP contribution is 2.29. The van der Waals surface area contributed by atoms with Gasteiger partial charge in [-0.2, -0.15) is 5.26 Å². The number of hydrogen-bond donors (Lipinski definition) is 1. The number of esters is 1. The summed E-state index contributed by atoms with van der Waals surface area (Å²) < 4.78 is 21.1. The molecule has 1 aromatic heterocycles. The van der Waals surface area contributed by atoms with Crippen LogP contribution in [0.25, 0.3) is 6.08 Å². The number of benzene rings is 2. The molecule has 0 bridgehead atoms. The van der Waals surface area contributed by atoms with Crippen molar-refractivity contribution in [2.24, 2.45) is 0 Å². The summed E-state index contributed by atoms with van der Waals surface area (Å²) in [6, 6.07) is 16.5. The molecule has 0 aliphatic heterocycles. The summed E-state index contributed by atoms with van der Waals surface area (Å²) >= 11 is 5.88. The predicted octanol–water partition coefficient (Wildman–Crippen LogP) is 4.15. The monoisotopic (exact) mass is 466 g/mol. The van der Waals surface area contributed by atoms with Gasteiger partial charge in [0.05, 0.1) is 19.9 Å². The SMILES string of the molecule is COc1cc(/C=C(\C#N)C(=O)NCc2ccco2)ccc1OC(=O)COc1cccc(Cl)c1. The minimum Gasteiger partial charge on any atom is -0.493 e. The Morgan fingerprint density at radius 2 is 2.00 bits per heavy atom. The summed E-state index contributed by atoms with van der Waals surface area (Å²) in [7, 11) is 1.41. The summed E-state index contributed by atoms with van der Waals surface area (Å²) in [5, 5.41) is 12.5. The third-order valence-electron chi connectivity index (χ3n) is 4.24. The topological polar surface area (TPSA) is 111 Å². The van der Waals surface area contributed by atoms with Crippen LogP contribution < -0.4 is 19.5 Å². The maximum Gasteiger partial charge on any atom is 0.349 e. The molecule has 0 atom stereocenters. The summed E-state index contributed by atoms with van der Waals surface area (Å²) in [5.41, 5.74) is 0.398. The van der Waals surface area contributed by atoms with Crippen molar-refractivity contribution in [2.45, 2.75) is 6.54 Å². The van der Waals surface area contributed by atoms with Gasteiger partial charge >= 0.3 is 5.97 Å². The Morgan fingerprint density at radius 3 is 2.70 bits per heavy atom. The lowest BCUT2D eigenvalue weighted by molar-refractivity contribution is -0.136. The number of methoxy groups -OCH3 is 1. The first-order chi connectivity index (χ1) is 16.0. The fourth-order valence-electron chi connectivity index (χ4n) is 2.70. The maximum atomic E-state index is 12.3. The molecule has 0 fully saturated rings. The van der Waals surface area contributed by atoms with E-state index in [1.165, 1.54) is 31.6 Å². The predicted molar refractivity (Wildman–Crippen MR) is 120 cm³/mol. The van der Waals surface area contributed by atoms with Gasteiger partial charge in [-0.1, -0.05) is 23.7 Å². The van der Waals surface area contributed by atoms with Gasteiger partial charge in [-0.25, -0.2) is 4.79 Å². The molecule has 0 aliphatic rings. The van der Waals surface area contributed by atoms with E-state index in [-0.39, 0.29) is 30.2 Å². The van der Waals surface area contributed by atoms with Crippen LogP contribution in [0.1, 0.15) is 11.3 Å². The molecule has 0 spiro atoms. The standard InChI is InChI=1S/C24H19ClN2O6/c1-30-22-11-16(10-17(13-26)24(29)27-14-20-6-3-9-31-20)7-8-21(22)33-23(28)15-32-19-5-2-4-18(25)12-19/h2-12H,14-15H2,1H3,(H,27,29)/b17-10+. The average molecular weight is 467 g/mol. The van der Waals surface area contributed by atoms with E-state index in [9.17, 15) is 14.9 Å². The first kappa shape index (κ1) is 23.4. The lowest BCUT2D eigenvalue weighted by atomic mass is 10.1. The summed E-state index contributed by atoms with van der Waals surface area (Å²) in [5.74, 6) is 0.199. The van der Waals surface area contributed by atoms with Gasteiger partial charge in [0.1, 0.15) is 23.2 Å². The van der Waals surface area contributed by atoms with Crippen LogP contribution in [0.5, 0.6) is 17.2 Å². The van der Waals surface area contributed by atoms with Crippen molar-refractivity contribution in [3.05, 3.63) is 82.8 Å². The van der Waals surface area contributed by atoms with Gasteiger partial charge in [0.2, 0.25) is 0 Å². The number of carbonyl (C=O) groups excluding carboxylic acids is 2. The minimum atomic E-state index is -0.647. The third-order valence-corrected chi connectivity index (χ3v) is 4.48. The number of furan rings is 1. The van der Waals surface area contributed by atoms with Crippen LogP contribution in [0, 0.1) is 11.3 Å². The molecule has 9 heteroatoms. The largest absolute Gasteiger partial charge is 0.493 e. The highest BCUT2D eigenvalue weighted by Gasteiger charge is 2.14. The van der Waals surface area contributed by atoms with Crippen molar-refractivity contribution in [3.8, 4) is 23.3 Å². The zero-order valence-electron chi connectivity index (χ0n) is 17.5. The number of nitriles is 1. The van der Waals surface area contributed by atoms with Crippen LogP contribution in [0.15, 0.2) is 70.9 Å². The Kier molecular flexibility index (Phi) is 8.11. The highest BCUT2D eigenvalue weighted by molar-refractivity contribution is 6.30. The summed E-state index contributed by atoms with van der Waals surface area (Å²) in [6.07, 6.45) is 2.89. The van der Waals surface area contributed by atoms with Crippen molar-refractivity contribution in [1.29, 1.82) is 5.26 Å². The normalized spacial score (nSPS) is 10.8. The summed E-state index contributed by atoms with van der Waals surface area (Å²) in [4.78, 5) is 24.4. The molecule has 33 heavy (non-hydrogen) atoms. The average Bonchev–Trinajstić information content (AvgIpc) is 3.34. The van der Waals surface area contributed by atoms with Crippen molar-refractivity contribution >= 4 is 29.6 Å². The molecule has 0 aliphatic carbocycles. The van der Waals surface area contributed by atoms with Gasteiger partial charge < -0.3 is 23.9 Å². The fraction of sp³-hybridized carbons (Fsp3) is 0.125. The fourth-order valence-corrected chi connectivity index (χ4v) is 2.88. The lowest BCUT2D eigenvalue weighted by Crippen LogP contribution is -2.23. The Labute approximate surface area is 194 Å². The van der Waals surface area contributed by atoms with E-state index in [0.29, 0.717) is 22.1 Å². The van der Waals surface area contributed by atoms with Crippen LogP contribution in [-0.4, -0.2) is 25.6 Å². The first-order valence-corrected chi connectivity index (χ1v) is 10.1. The van der Waals surface area contributed by atoms with Crippen molar-refractivity contribution < 1.29 is 28.2 Å². The molecule has 0 saturated carbocycles. The van der Waals surface area contributed by atoms with Crippen molar-refractivity contribution in [3.63, 3.8) is 0 Å². The second kappa shape index (κ2) is 11.4. The number of halogens is 1. The zero-order chi connectivity index (χ0) is 23.6. The highest BCUT2D eigenvalue weighted by atomic mass is 35.5. The molecule has 2 aromatic carbocycles. The molecular weight excluding hydrogens is 448 g/mol. The van der Waals surface area contributed by atoms with Crippen LogP contribution in [0.2, 0.25) is 5.02 Å². The van der Waals surface area contributed by atoms with Gasteiger partial charge in [0.15, 0.2) is 18.1 Å². The quantitative estimate of drug-likeness (QED) is 0.218. The molecule has 0 radical (unpaired) electrons.